The zero-order valence-corrected chi connectivity index (χ0v) is 8.84. The SMILES string of the molecule is COc1ccncc1-c1cccc[n+]1C. The molecule has 0 amide bonds. The highest BCUT2D eigenvalue weighted by molar-refractivity contribution is 5.63. The number of hydrogen-bond donors (Lipinski definition) is 0. The van der Waals surface area contributed by atoms with Gasteiger partial charge in [-0.3, -0.25) is 4.98 Å². The Morgan fingerprint density at radius 2 is 2.13 bits per heavy atom. The van der Waals surface area contributed by atoms with Crippen molar-refractivity contribution in [3.05, 3.63) is 42.9 Å². The van der Waals surface area contributed by atoms with Gasteiger partial charge in [-0.2, -0.15) is 0 Å². The van der Waals surface area contributed by atoms with Crippen LogP contribution in [0, 0.1) is 0 Å². The molecule has 0 saturated heterocycles. The number of aromatic nitrogens is 2. The lowest BCUT2D eigenvalue weighted by molar-refractivity contribution is -0.660. The van der Waals surface area contributed by atoms with E-state index in [1.165, 1.54) is 0 Å². The average molecular weight is 201 g/mol. The molecule has 0 bridgehead atoms. The normalized spacial score (nSPS) is 10.0. The van der Waals surface area contributed by atoms with Crippen LogP contribution in [0.3, 0.4) is 0 Å². The monoisotopic (exact) mass is 201 g/mol. The fourth-order valence-electron chi connectivity index (χ4n) is 1.56. The zero-order valence-electron chi connectivity index (χ0n) is 8.84. The van der Waals surface area contributed by atoms with Crippen LogP contribution < -0.4 is 9.30 Å². The lowest BCUT2D eigenvalue weighted by Crippen LogP contribution is -2.30. The molecule has 15 heavy (non-hydrogen) atoms. The molecule has 2 rings (SSSR count). The molecule has 76 valence electrons. The van der Waals surface area contributed by atoms with E-state index in [2.05, 4.69) is 4.98 Å². The first-order valence-corrected chi connectivity index (χ1v) is 4.76. The fraction of sp³-hybridized carbons (Fsp3) is 0.167. The lowest BCUT2D eigenvalue weighted by atomic mass is 10.1. The largest absolute Gasteiger partial charge is 0.496 e. The summed E-state index contributed by atoms with van der Waals surface area (Å²) in [6.07, 6.45) is 5.54. The maximum absolute atomic E-state index is 5.30. The van der Waals surface area contributed by atoms with Crippen molar-refractivity contribution in [2.45, 2.75) is 0 Å². The van der Waals surface area contributed by atoms with Crippen LogP contribution in [-0.4, -0.2) is 12.1 Å². The second kappa shape index (κ2) is 4.09. The number of rotatable bonds is 2. The summed E-state index contributed by atoms with van der Waals surface area (Å²) >= 11 is 0. The molecule has 0 aliphatic carbocycles. The summed E-state index contributed by atoms with van der Waals surface area (Å²) in [6, 6.07) is 7.90. The van der Waals surface area contributed by atoms with Gasteiger partial charge in [0.05, 0.1) is 7.11 Å². The molecule has 0 fully saturated rings. The van der Waals surface area contributed by atoms with Crippen LogP contribution >= 0.6 is 0 Å². The Kier molecular flexibility index (Phi) is 2.63. The van der Waals surface area contributed by atoms with Crippen molar-refractivity contribution in [2.75, 3.05) is 7.11 Å². The molecule has 0 unspecified atom stereocenters. The zero-order chi connectivity index (χ0) is 10.7. The van der Waals surface area contributed by atoms with Gasteiger partial charge in [0.15, 0.2) is 6.20 Å². The van der Waals surface area contributed by atoms with Crippen LogP contribution in [-0.2, 0) is 7.05 Å². The molecule has 3 heteroatoms. The topological polar surface area (TPSA) is 26.0 Å². The molecule has 0 aliphatic heterocycles. The van der Waals surface area contributed by atoms with Crippen LogP contribution in [0.15, 0.2) is 42.9 Å². The third-order valence-electron chi connectivity index (χ3n) is 2.33. The van der Waals surface area contributed by atoms with Crippen LogP contribution in [0.1, 0.15) is 0 Å². The predicted molar refractivity (Wildman–Crippen MR) is 57.4 cm³/mol. The van der Waals surface area contributed by atoms with Gasteiger partial charge in [0.1, 0.15) is 18.4 Å². The number of pyridine rings is 2. The van der Waals surface area contributed by atoms with Gasteiger partial charge < -0.3 is 4.74 Å². The highest BCUT2D eigenvalue weighted by atomic mass is 16.5. The first-order valence-electron chi connectivity index (χ1n) is 4.76. The lowest BCUT2D eigenvalue weighted by Gasteiger charge is -2.05. The van der Waals surface area contributed by atoms with E-state index in [1.54, 1.807) is 13.3 Å². The molecule has 0 aliphatic rings. The van der Waals surface area contributed by atoms with Crippen molar-refractivity contribution < 1.29 is 9.30 Å². The molecule has 3 nitrogen and oxygen atoms in total. The van der Waals surface area contributed by atoms with E-state index < -0.39 is 0 Å². The Morgan fingerprint density at radius 1 is 1.27 bits per heavy atom. The molecule has 0 aromatic carbocycles. The summed E-state index contributed by atoms with van der Waals surface area (Å²) in [5.74, 6) is 0.840. The highest BCUT2D eigenvalue weighted by Gasteiger charge is 2.13. The third kappa shape index (κ3) is 1.81. The number of aryl methyl sites for hydroxylation is 1. The third-order valence-corrected chi connectivity index (χ3v) is 2.33. The minimum Gasteiger partial charge on any atom is -0.496 e. The number of nitrogens with zero attached hydrogens (tertiary/aromatic N) is 2. The van der Waals surface area contributed by atoms with Crippen LogP contribution in [0.4, 0.5) is 0 Å². The highest BCUT2D eigenvalue weighted by Crippen LogP contribution is 2.25. The van der Waals surface area contributed by atoms with E-state index in [0.717, 1.165) is 17.0 Å². The van der Waals surface area contributed by atoms with Crippen molar-refractivity contribution >= 4 is 0 Å². The second-order valence-electron chi connectivity index (χ2n) is 3.27. The average Bonchev–Trinajstić information content (AvgIpc) is 2.30. The van der Waals surface area contributed by atoms with E-state index in [-0.39, 0.29) is 0 Å². The Morgan fingerprint density at radius 3 is 2.87 bits per heavy atom. The van der Waals surface area contributed by atoms with Gasteiger partial charge in [-0.15, -0.1) is 0 Å². The maximum Gasteiger partial charge on any atom is 0.217 e. The molecule has 0 N–H and O–H groups in total. The molecule has 2 aromatic rings. The number of ether oxygens (including phenoxy) is 1. The van der Waals surface area contributed by atoms with Crippen LogP contribution in [0.2, 0.25) is 0 Å². The minimum atomic E-state index is 0.840. The van der Waals surface area contributed by atoms with Gasteiger partial charge in [-0.05, 0) is 12.1 Å². The van der Waals surface area contributed by atoms with Crippen LogP contribution in [0.25, 0.3) is 11.3 Å². The smallest absolute Gasteiger partial charge is 0.217 e. The van der Waals surface area contributed by atoms with Crippen molar-refractivity contribution in [3.8, 4) is 17.0 Å². The Balaban J connectivity index is 2.59. The summed E-state index contributed by atoms with van der Waals surface area (Å²) in [6.45, 7) is 0. The van der Waals surface area contributed by atoms with Crippen molar-refractivity contribution in [1.29, 1.82) is 0 Å². The van der Waals surface area contributed by atoms with Crippen LogP contribution in [0.5, 0.6) is 5.75 Å². The maximum atomic E-state index is 5.30. The molecule has 0 spiro atoms. The first-order chi connectivity index (χ1) is 7.33. The van der Waals surface area contributed by atoms with Gasteiger partial charge in [0, 0.05) is 24.5 Å². The summed E-state index contributed by atoms with van der Waals surface area (Å²) in [5, 5.41) is 0. The van der Waals surface area contributed by atoms with Crippen molar-refractivity contribution in [2.24, 2.45) is 7.05 Å². The van der Waals surface area contributed by atoms with E-state index in [0.29, 0.717) is 0 Å². The second-order valence-corrected chi connectivity index (χ2v) is 3.27. The summed E-state index contributed by atoms with van der Waals surface area (Å²) < 4.78 is 7.34. The summed E-state index contributed by atoms with van der Waals surface area (Å²) in [4.78, 5) is 4.12. The van der Waals surface area contributed by atoms with Gasteiger partial charge in [0.2, 0.25) is 5.69 Å². The van der Waals surface area contributed by atoms with Gasteiger partial charge in [-0.25, -0.2) is 4.57 Å². The number of methoxy groups -OCH3 is 1. The van der Waals surface area contributed by atoms with Gasteiger partial charge in [0.25, 0.3) is 0 Å². The minimum absolute atomic E-state index is 0.840. The molecule has 0 saturated carbocycles. The Labute approximate surface area is 89.0 Å². The van der Waals surface area contributed by atoms with E-state index in [4.69, 9.17) is 4.74 Å². The fourth-order valence-corrected chi connectivity index (χ4v) is 1.56. The Hall–Kier alpha value is -1.90. The quantitative estimate of drug-likeness (QED) is 0.689. The van der Waals surface area contributed by atoms with Gasteiger partial charge in [-0.1, -0.05) is 0 Å². The Bertz CT molecular complexity index is 469. The first kappa shape index (κ1) is 9.65. The molecule has 2 aromatic heterocycles. The van der Waals surface area contributed by atoms with E-state index in [9.17, 15) is 0 Å². The predicted octanol–water partition coefficient (Wildman–Crippen LogP) is 1.58. The number of hydrogen-bond acceptors (Lipinski definition) is 2. The molecule has 2 heterocycles. The molecule has 0 radical (unpaired) electrons. The van der Waals surface area contributed by atoms with Gasteiger partial charge >= 0.3 is 0 Å². The summed E-state index contributed by atoms with van der Waals surface area (Å²) in [7, 11) is 3.67. The molecular formula is C12H13N2O+. The van der Waals surface area contributed by atoms with Crippen molar-refractivity contribution in [1.82, 2.24) is 4.98 Å². The van der Waals surface area contributed by atoms with Crippen molar-refractivity contribution in [3.63, 3.8) is 0 Å². The molecular weight excluding hydrogens is 188 g/mol. The van der Waals surface area contributed by atoms with E-state index in [1.807, 2.05) is 48.3 Å². The summed E-state index contributed by atoms with van der Waals surface area (Å²) in [5.41, 5.74) is 2.09. The standard InChI is InChI=1S/C12H13N2O/c1-14-8-4-3-5-11(14)10-9-13-7-6-12(10)15-2/h3-9H,1-2H3/q+1. The van der Waals surface area contributed by atoms with E-state index >= 15 is 0 Å². The molecule has 0 atom stereocenters.